The van der Waals surface area contributed by atoms with Gasteiger partial charge in [0.15, 0.2) is 12.4 Å². The van der Waals surface area contributed by atoms with Crippen molar-refractivity contribution in [1.29, 1.82) is 0 Å². The fraction of sp³-hybridized carbons (Fsp3) is 0.125. The Bertz CT molecular complexity index is 1200. The molecule has 1 aliphatic carbocycles. The van der Waals surface area contributed by atoms with Crippen LogP contribution in [0.25, 0.3) is 22.4 Å². The van der Waals surface area contributed by atoms with Crippen molar-refractivity contribution in [3.05, 3.63) is 78.1 Å². The van der Waals surface area contributed by atoms with Crippen molar-refractivity contribution >= 4 is 11.7 Å². The number of amides is 1. The van der Waals surface area contributed by atoms with E-state index in [2.05, 4.69) is 10.5 Å². The van der Waals surface area contributed by atoms with Gasteiger partial charge in [-0.25, -0.2) is 0 Å². The lowest BCUT2D eigenvalue weighted by Crippen LogP contribution is -2.29. The van der Waals surface area contributed by atoms with Gasteiger partial charge in [-0.2, -0.15) is 0 Å². The summed E-state index contributed by atoms with van der Waals surface area (Å²) in [6.45, 7) is -0.647. The summed E-state index contributed by atoms with van der Waals surface area (Å²) < 4.78 is 15.8. The van der Waals surface area contributed by atoms with Crippen molar-refractivity contribution in [2.45, 2.75) is 0 Å². The number of hydrogen-bond donors (Lipinski definition) is 2. The van der Waals surface area contributed by atoms with Gasteiger partial charge in [0.2, 0.25) is 0 Å². The van der Waals surface area contributed by atoms with Crippen molar-refractivity contribution in [3.8, 4) is 33.9 Å². The maximum Gasteiger partial charge on any atom is 0.259 e. The van der Waals surface area contributed by atoms with Crippen molar-refractivity contribution < 1.29 is 28.7 Å². The number of ether oxygens (including phenoxy) is 2. The zero-order valence-electron chi connectivity index (χ0n) is 17.2. The minimum Gasteiger partial charge on any atom is -0.497 e. The van der Waals surface area contributed by atoms with Crippen LogP contribution in [-0.4, -0.2) is 42.4 Å². The lowest BCUT2D eigenvalue weighted by Gasteiger charge is -2.09. The molecule has 2 N–H and O–H groups in total. The number of benzene rings is 2. The number of carbonyl (C=O) groups is 2. The molecule has 1 aliphatic heterocycles. The van der Waals surface area contributed by atoms with E-state index in [0.717, 1.165) is 11.1 Å². The van der Waals surface area contributed by atoms with Gasteiger partial charge in [0.25, 0.3) is 5.91 Å². The summed E-state index contributed by atoms with van der Waals surface area (Å²) in [5, 5.41) is 15.1. The van der Waals surface area contributed by atoms with Gasteiger partial charge in [-0.1, -0.05) is 11.2 Å². The summed E-state index contributed by atoms with van der Waals surface area (Å²) in [7, 11) is 1.57. The number of nitrogens with zero attached hydrogens (tertiary/aromatic N) is 1. The van der Waals surface area contributed by atoms with Crippen LogP contribution >= 0.6 is 0 Å². The van der Waals surface area contributed by atoms with Gasteiger partial charge in [0.05, 0.1) is 7.11 Å². The average molecular weight is 432 g/mol. The Morgan fingerprint density at radius 1 is 0.969 bits per heavy atom. The lowest BCUT2D eigenvalue weighted by atomic mass is 9.98. The van der Waals surface area contributed by atoms with Gasteiger partial charge in [0.1, 0.15) is 30.2 Å². The minimum absolute atomic E-state index is 0.125. The number of aliphatic hydroxyl groups is 1. The third-order valence-corrected chi connectivity index (χ3v) is 4.94. The van der Waals surface area contributed by atoms with E-state index in [-0.39, 0.29) is 12.4 Å². The Morgan fingerprint density at radius 2 is 1.69 bits per heavy atom. The Morgan fingerprint density at radius 3 is 2.38 bits per heavy atom. The molecule has 8 nitrogen and oxygen atoms in total. The second kappa shape index (κ2) is 9.32. The topological polar surface area (TPSA) is 111 Å². The van der Waals surface area contributed by atoms with Crippen molar-refractivity contribution in [2.24, 2.45) is 0 Å². The number of rotatable bonds is 8. The summed E-state index contributed by atoms with van der Waals surface area (Å²) >= 11 is 0. The quantitative estimate of drug-likeness (QED) is 0.325. The Kier molecular flexibility index (Phi) is 6.14. The van der Waals surface area contributed by atoms with Crippen LogP contribution in [0.2, 0.25) is 0 Å². The van der Waals surface area contributed by atoms with E-state index in [1.54, 1.807) is 61.7 Å². The highest BCUT2D eigenvalue weighted by Crippen LogP contribution is 2.37. The van der Waals surface area contributed by atoms with Crippen LogP contribution in [0.3, 0.4) is 0 Å². The van der Waals surface area contributed by atoms with Gasteiger partial charge in [0, 0.05) is 27.8 Å². The fourth-order valence-corrected chi connectivity index (χ4v) is 3.31. The van der Waals surface area contributed by atoms with E-state index < -0.39 is 12.6 Å². The second-order valence-electron chi connectivity index (χ2n) is 6.87. The summed E-state index contributed by atoms with van der Waals surface area (Å²) in [6.07, 6.45) is 1.47. The first kappa shape index (κ1) is 21.1. The average Bonchev–Trinajstić information content (AvgIpc) is 3.27. The number of aliphatic hydroxyl groups excluding tert-OH is 1. The highest BCUT2D eigenvalue weighted by Gasteiger charge is 2.22. The predicted octanol–water partition coefficient (Wildman–Crippen LogP) is 3.13. The van der Waals surface area contributed by atoms with Crippen LogP contribution in [0, 0.1) is 0 Å². The molecule has 32 heavy (non-hydrogen) atoms. The third kappa shape index (κ3) is 4.30. The van der Waals surface area contributed by atoms with E-state index in [4.69, 9.17) is 19.1 Å². The largest absolute Gasteiger partial charge is 0.497 e. The smallest absolute Gasteiger partial charge is 0.259 e. The zero-order valence-corrected chi connectivity index (χ0v) is 17.2. The molecule has 0 unspecified atom stereocenters. The lowest BCUT2D eigenvalue weighted by molar-refractivity contribution is -0.124. The molecule has 2 aromatic rings. The van der Waals surface area contributed by atoms with Crippen LogP contribution in [0.1, 0.15) is 15.9 Å². The highest BCUT2D eigenvalue weighted by molar-refractivity contribution is 6.14. The molecule has 8 heteroatoms. The van der Waals surface area contributed by atoms with E-state index in [1.807, 2.05) is 6.07 Å². The number of hydrogen-bond acceptors (Lipinski definition) is 7. The van der Waals surface area contributed by atoms with Crippen LogP contribution in [0.5, 0.6) is 11.5 Å². The van der Waals surface area contributed by atoms with Crippen LogP contribution in [0.15, 0.2) is 71.4 Å². The number of nitrogens with one attached hydrogen (secondary N) is 1. The molecule has 0 fully saturated rings. The minimum atomic E-state index is -0.442. The van der Waals surface area contributed by atoms with Crippen LogP contribution in [-0.2, 0) is 4.79 Å². The number of ketones is 1. The number of methoxy groups -OCH3 is 1. The van der Waals surface area contributed by atoms with Crippen LogP contribution in [0.4, 0.5) is 0 Å². The molecule has 0 spiro atoms. The van der Waals surface area contributed by atoms with Gasteiger partial charge >= 0.3 is 0 Å². The SMILES string of the molecule is COc1ccc(C(=O)c2ccc3c(-c4ccc(OCC(=O)NCO)cc4)nocc2-3)cc1. The Hall–Kier alpha value is -4.17. The monoisotopic (exact) mass is 432 g/mol. The maximum absolute atomic E-state index is 13.0. The van der Waals surface area contributed by atoms with Gasteiger partial charge in [-0.3, -0.25) is 9.59 Å². The van der Waals surface area contributed by atoms with E-state index in [0.29, 0.717) is 33.9 Å². The molecule has 1 heterocycles. The number of aromatic nitrogens is 1. The zero-order chi connectivity index (χ0) is 22.5. The second-order valence-corrected chi connectivity index (χ2v) is 6.87. The highest BCUT2D eigenvalue weighted by atomic mass is 16.5. The molecule has 0 saturated carbocycles. The van der Waals surface area contributed by atoms with Gasteiger partial charge < -0.3 is 24.4 Å². The molecule has 2 aromatic carbocycles. The molecule has 0 aromatic heterocycles. The first-order chi connectivity index (χ1) is 15.6. The molecule has 1 amide bonds. The molecule has 0 radical (unpaired) electrons. The first-order valence-corrected chi connectivity index (χ1v) is 9.77. The molecule has 0 bridgehead atoms. The standard InChI is InChI=1S/C24H20N2O6/c1-30-17-6-4-16(5-7-17)24(29)20-11-10-19-21(20)12-32-26-23(19)15-2-8-18(9-3-15)31-13-22(28)25-14-27/h2-12,27H,13-14H2,1H3,(H,25,28). The Labute approximate surface area is 183 Å². The molecular formula is C24H20N2O6. The van der Waals surface area contributed by atoms with Crippen molar-refractivity contribution in [3.63, 3.8) is 0 Å². The molecule has 0 saturated heterocycles. The Balaban J connectivity index is 1.55. The number of fused-ring (bicyclic) bond motifs is 1. The molecule has 2 aliphatic rings. The summed E-state index contributed by atoms with van der Waals surface area (Å²) in [4.78, 5) is 24.4. The third-order valence-electron chi connectivity index (χ3n) is 4.94. The van der Waals surface area contributed by atoms with E-state index >= 15 is 0 Å². The summed E-state index contributed by atoms with van der Waals surface area (Å²) in [6, 6.07) is 17.5. The van der Waals surface area contributed by atoms with Gasteiger partial charge in [-0.15, -0.1) is 0 Å². The van der Waals surface area contributed by atoms with E-state index in [1.165, 1.54) is 6.26 Å². The van der Waals surface area contributed by atoms with E-state index in [9.17, 15) is 9.59 Å². The van der Waals surface area contributed by atoms with Gasteiger partial charge in [-0.05, 0) is 54.6 Å². The predicted molar refractivity (Wildman–Crippen MR) is 116 cm³/mol. The molecule has 162 valence electrons. The normalized spacial score (nSPS) is 10.7. The maximum atomic E-state index is 13.0. The molecule has 0 atom stereocenters. The van der Waals surface area contributed by atoms with Crippen LogP contribution < -0.4 is 14.8 Å². The molecular weight excluding hydrogens is 412 g/mol. The molecule has 4 rings (SSSR count). The van der Waals surface area contributed by atoms with Crippen molar-refractivity contribution in [1.82, 2.24) is 10.5 Å². The number of carbonyl (C=O) groups excluding carboxylic acids is 2. The van der Waals surface area contributed by atoms with Crippen molar-refractivity contribution in [2.75, 3.05) is 20.4 Å². The first-order valence-electron chi connectivity index (χ1n) is 9.77. The summed E-state index contributed by atoms with van der Waals surface area (Å²) in [5.41, 5.74) is 3.86. The summed E-state index contributed by atoms with van der Waals surface area (Å²) in [5.74, 6) is 0.619. The fourth-order valence-electron chi connectivity index (χ4n) is 3.31.